The Hall–Kier alpha value is -4.70. The average molecular weight is 599 g/mol. The molecule has 0 spiro atoms. The topological polar surface area (TPSA) is 109 Å². The lowest BCUT2D eigenvalue weighted by Crippen LogP contribution is -2.76. The van der Waals surface area contributed by atoms with Crippen LogP contribution in [0.25, 0.3) is 0 Å². The van der Waals surface area contributed by atoms with Gasteiger partial charge in [0.05, 0.1) is 13.1 Å². The molecule has 44 heavy (non-hydrogen) atoms. The van der Waals surface area contributed by atoms with Crippen molar-refractivity contribution in [2.24, 2.45) is 4.99 Å². The molecule has 10 heteroatoms. The van der Waals surface area contributed by atoms with Gasteiger partial charge in [-0.1, -0.05) is 74.5 Å². The smallest absolute Gasteiger partial charge is 0.334 e. The highest BCUT2D eigenvalue weighted by atomic mass is 16.3. The molecule has 0 bridgehead atoms. The number of aromatic hydroxyl groups is 1. The molecule has 10 nitrogen and oxygen atoms in total. The lowest BCUT2D eigenvalue weighted by molar-refractivity contribution is -0.187. The molecular formula is C34H42N6O4. The van der Waals surface area contributed by atoms with Crippen molar-refractivity contribution in [2.45, 2.75) is 52.5 Å². The Balaban J connectivity index is 0.00000216. The van der Waals surface area contributed by atoms with Crippen LogP contribution in [0.2, 0.25) is 0 Å². The second kappa shape index (κ2) is 14.7. The van der Waals surface area contributed by atoms with Crippen LogP contribution in [0, 0.1) is 6.92 Å². The molecule has 0 aliphatic carbocycles. The van der Waals surface area contributed by atoms with E-state index in [0.717, 1.165) is 27.8 Å². The molecule has 2 aliphatic rings. The number of phenols is 1. The van der Waals surface area contributed by atoms with Crippen LogP contribution in [-0.4, -0.2) is 88.4 Å². The molecule has 2 aliphatic heterocycles. The number of nitrogens with zero attached hydrogens (tertiary/aromatic N) is 5. The number of rotatable bonds is 7. The Morgan fingerprint density at radius 2 is 1.70 bits per heavy atom. The highest BCUT2D eigenvalue weighted by Gasteiger charge is 2.50. The third-order valence-electron chi connectivity index (χ3n) is 7.83. The zero-order chi connectivity index (χ0) is 31.8. The Kier molecular flexibility index (Phi) is 10.7. The van der Waals surface area contributed by atoms with E-state index in [2.05, 4.69) is 10.3 Å². The Morgan fingerprint density at radius 3 is 2.39 bits per heavy atom. The van der Waals surface area contributed by atoms with E-state index in [-0.39, 0.29) is 43.1 Å². The number of hydrazine groups is 1. The Morgan fingerprint density at radius 1 is 1.00 bits per heavy atom. The van der Waals surface area contributed by atoms with Crippen LogP contribution in [0.3, 0.4) is 0 Å². The summed E-state index contributed by atoms with van der Waals surface area (Å²) in [5.74, 6) is -0.293. The zero-order valence-corrected chi connectivity index (χ0v) is 26.1. The first-order valence-corrected chi connectivity index (χ1v) is 15.0. The minimum Gasteiger partial charge on any atom is -0.508 e. The number of piperazine rings is 1. The molecule has 3 aromatic rings. The Labute approximate surface area is 259 Å². The second-order valence-electron chi connectivity index (χ2n) is 10.7. The predicted octanol–water partition coefficient (Wildman–Crippen LogP) is 3.96. The summed E-state index contributed by atoms with van der Waals surface area (Å²) in [6.45, 7) is 6.74. The van der Waals surface area contributed by atoms with Crippen molar-refractivity contribution < 1.29 is 19.5 Å². The van der Waals surface area contributed by atoms with Crippen molar-refractivity contribution in [1.82, 2.24) is 25.1 Å². The number of benzene rings is 3. The van der Waals surface area contributed by atoms with Crippen LogP contribution >= 0.6 is 0 Å². The molecule has 1 unspecified atom stereocenters. The number of hydrogen-bond donors (Lipinski definition) is 2. The molecule has 2 fully saturated rings. The maximum Gasteiger partial charge on any atom is 0.334 e. The van der Waals surface area contributed by atoms with Gasteiger partial charge in [-0.2, -0.15) is 0 Å². The van der Waals surface area contributed by atoms with Gasteiger partial charge in [0.1, 0.15) is 18.0 Å². The van der Waals surface area contributed by atoms with E-state index in [1.165, 1.54) is 0 Å². The number of carbonyl (C=O) groups is 3. The van der Waals surface area contributed by atoms with Crippen molar-refractivity contribution in [2.75, 3.05) is 27.2 Å². The maximum absolute atomic E-state index is 14.1. The molecule has 3 aromatic carbocycles. The normalized spacial score (nSPS) is 18.6. The predicted molar refractivity (Wildman–Crippen MR) is 171 cm³/mol. The van der Waals surface area contributed by atoms with Crippen molar-refractivity contribution >= 4 is 24.1 Å². The van der Waals surface area contributed by atoms with Crippen molar-refractivity contribution in [3.8, 4) is 5.75 Å². The summed E-state index contributed by atoms with van der Waals surface area (Å²) in [6, 6.07) is 21.0. The largest absolute Gasteiger partial charge is 0.508 e. The molecule has 2 atom stereocenters. The van der Waals surface area contributed by atoms with Crippen LogP contribution in [0.15, 0.2) is 77.8 Å². The first-order valence-electron chi connectivity index (χ1n) is 15.0. The molecule has 2 saturated heterocycles. The molecule has 232 valence electrons. The maximum atomic E-state index is 14.1. The van der Waals surface area contributed by atoms with Crippen molar-refractivity contribution in [3.05, 3.63) is 101 Å². The number of aryl methyl sites for hydroxylation is 1. The van der Waals surface area contributed by atoms with Gasteiger partial charge < -0.3 is 20.2 Å². The summed E-state index contributed by atoms with van der Waals surface area (Å²) in [4.78, 5) is 48.9. The number of nitrogens with one attached hydrogen (secondary N) is 1. The van der Waals surface area contributed by atoms with E-state index in [4.69, 9.17) is 0 Å². The number of phenolic OH excluding ortho intramolecular Hbond substituents is 1. The van der Waals surface area contributed by atoms with Crippen LogP contribution < -0.4 is 5.32 Å². The quantitative estimate of drug-likeness (QED) is 0.401. The van der Waals surface area contributed by atoms with E-state index in [9.17, 15) is 19.5 Å². The summed E-state index contributed by atoms with van der Waals surface area (Å²) in [6.07, 6.45) is 1.33. The highest BCUT2D eigenvalue weighted by molar-refractivity contribution is 5.92. The fourth-order valence-corrected chi connectivity index (χ4v) is 5.76. The number of aliphatic imine (C=N–C) groups is 1. The summed E-state index contributed by atoms with van der Waals surface area (Å²) in [7, 11) is 3.42. The molecule has 5 rings (SSSR count). The molecule has 2 N–H and O–H groups in total. The minimum absolute atomic E-state index is 0.0381. The van der Waals surface area contributed by atoms with E-state index in [1.807, 2.05) is 69.3 Å². The van der Waals surface area contributed by atoms with Gasteiger partial charge in [0.2, 0.25) is 11.8 Å². The van der Waals surface area contributed by atoms with E-state index < -0.39 is 12.2 Å². The number of amides is 4. The third-order valence-corrected chi connectivity index (χ3v) is 7.83. The van der Waals surface area contributed by atoms with Gasteiger partial charge in [-0.15, -0.1) is 0 Å². The highest BCUT2D eigenvalue weighted by Crippen LogP contribution is 2.29. The molecule has 0 saturated carbocycles. The van der Waals surface area contributed by atoms with Gasteiger partial charge in [-0.25, -0.2) is 14.8 Å². The van der Waals surface area contributed by atoms with Crippen LogP contribution in [0.1, 0.15) is 41.7 Å². The fourth-order valence-electron chi connectivity index (χ4n) is 5.76. The standard InChI is InChI=1S/C32H36N6O4.C2H6/c1-22-8-7-11-25(27(22)18-33-2)19-36-20-29-37(28(31(36)41)16-23-12-14-26(39)15-13-23)30(40)21-35(3)38(29)32(42)34-17-24-9-5-4-6-10-24;1-2/h4-15,18,28-29,39H,16-17,19-21H2,1-3H3,(H,34,42);1-2H3/t28-,29?;/m0./s1. The lowest BCUT2D eigenvalue weighted by atomic mass is 9.97. The fraction of sp³-hybridized carbons (Fsp3) is 0.353. The van der Waals surface area contributed by atoms with E-state index in [1.54, 1.807) is 64.4 Å². The van der Waals surface area contributed by atoms with Gasteiger partial charge in [-0.3, -0.25) is 14.6 Å². The SMILES string of the molecule is CC.CN=Cc1c(C)cccc1CN1CC2N(C(=O)CN(C)N2C(=O)NCc2ccccc2)[C@@H](Cc2ccc(O)cc2)C1=O. The van der Waals surface area contributed by atoms with Crippen molar-refractivity contribution in [3.63, 3.8) is 0 Å². The minimum atomic E-state index is -0.827. The first-order chi connectivity index (χ1) is 21.3. The molecule has 4 amide bonds. The molecule has 0 aromatic heterocycles. The summed E-state index contributed by atoms with van der Waals surface area (Å²) < 4.78 is 0. The summed E-state index contributed by atoms with van der Waals surface area (Å²) in [5.41, 5.74) is 4.67. The summed E-state index contributed by atoms with van der Waals surface area (Å²) >= 11 is 0. The van der Waals surface area contributed by atoms with Crippen LogP contribution in [0.5, 0.6) is 5.75 Å². The number of fused-ring (bicyclic) bond motifs is 1. The lowest BCUT2D eigenvalue weighted by Gasteiger charge is -2.54. The second-order valence-corrected chi connectivity index (χ2v) is 10.7. The van der Waals surface area contributed by atoms with Crippen molar-refractivity contribution in [1.29, 1.82) is 0 Å². The van der Waals surface area contributed by atoms with Crippen LogP contribution in [-0.2, 0) is 29.1 Å². The molecule has 2 heterocycles. The third kappa shape index (κ3) is 7.08. The van der Waals surface area contributed by atoms with Gasteiger partial charge in [-0.05, 0) is 41.3 Å². The first kappa shape index (κ1) is 32.2. The van der Waals surface area contributed by atoms with Gasteiger partial charge in [0.25, 0.3) is 0 Å². The van der Waals surface area contributed by atoms with Gasteiger partial charge in [0.15, 0.2) is 0 Å². The number of carbonyl (C=O) groups excluding carboxylic acids is 3. The van der Waals surface area contributed by atoms with E-state index in [0.29, 0.717) is 13.1 Å². The average Bonchev–Trinajstić information content (AvgIpc) is 3.02. The molecular weight excluding hydrogens is 556 g/mol. The molecule has 0 radical (unpaired) electrons. The summed E-state index contributed by atoms with van der Waals surface area (Å²) in [5, 5.41) is 16.0. The number of hydrogen-bond acceptors (Lipinski definition) is 6. The Bertz CT molecular complexity index is 1480. The van der Waals surface area contributed by atoms with Gasteiger partial charge >= 0.3 is 6.03 Å². The number of urea groups is 1. The van der Waals surface area contributed by atoms with Crippen LogP contribution in [0.4, 0.5) is 4.79 Å². The van der Waals surface area contributed by atoms with E-state index >= 15 is 0 Å². The van der Waals surface area contributed by atoms with Gasteiger partial charge in [0, 0.05) is 45.4 Å². The number of likely N-dealkylation sites (N-methyl/N-ethyl adjacent to an activating group) is 1. The monoisotopic (exact) mass is 598 g/mol. The zero-order valence-electron chi connectivity index (χ0n) is 26.1.